The maximum Gasteiger partial charge on any atom is 0.422 e. The Labute approximate surface area is 149 Å². The van der Waals surface area contributed by atoms with Gasteiger partial charge in [-0.2, -0.15) is 18.3 Å². The second-order valence-corrected chi connectivity index (χ2v) is 5.87. The number of aromatic nitrogens is 2. The third kappa shape index (κ3) is 5.48. The van der Waals surface area contributed by atoms with Gasteiger partial charge in [0.2, 0.25) is 5.91 Å². The molecule has 1 aromatic heterocycles. The first-order chi connectivity index (χ1) is 12.2. The maximum atomic E-state index is 12.5. The smallest absolute Gasteiger partial charge is 0.422 e. The van der Waals surface area contributed by atoms with Crippen LogP contribution in [0.2, 0.25) is 0 Å². The van der Waals surface area contributed by atoms with Crippen LogP contribution in [0.15, 0.2) is 36.7 Å². The molecule has 2 unspecified atom stereocenters. The fraction of sp³-hybridized carbons (Fsp3) is 0.412. The summed E-state index contributed by atoms with van der Waals surface area (Å²) in [5, 5.41) is 9.86. The van der Waals surface area contributed by atoms with Crippen LogP contribution >= 0.6 is 0 Å². The molecule has 142 valence electrons. The molecule has 0 radical (unpaired) electrons. The molecule has 1 heterocycles. The van der Waals surface area contributed by atoms with Crippen LogP contribution in [0.25, 0.3) is 0 Å². The number of hydrogen-bond acceptors (Lipinski definition) is 4. The highest BCUT2D eigenvalue weighted by Crippen LogP contribution is 2.21. The number of likely N-dealkylation sites (N-methyl/N-ethyl adjacent to an activating group) is 1. The van der Waals surface area contributed by atoms with E-state index in [9.17, 15) is 18.0 Å². The summed E-state index contributed by atoms with van der Waals surface area (Å²) >= 11 is 0. The predicted octanol–water partition coefficient (Wildman–Crippen LogP) is 2.50. The predicted molar refractivity (Wildman–Crippen MR) is 89.6 cm³/mol. The van der Waals surface area contributed by atoms with Gasteiger partial charge in [-0.3, -0.25) is 9.48 Å². The van der Waals surface area contributed by atoms with Crippen molar-refractivity contribution in [2.45, 2.75) is 25.2 Å². The largest absolute Gasteiger partial charge is 0.484 e. The highest BCUT2D eigenvalue weighted by Gasteiger charge is 2.28. The lowest BCUT2D eigenvalue weighted by molar-refractivity contribution is -0.153. The molecule has 6 nitrogen and oxygen atoms in total. The number of nitrogens with one attached hydrogen (secondary N) is 2. The van der Waals surface area contributed by atoms with Crippen LogP contribution in [0.5, 0.6) is 5.75 Å². The van der Waals surface area contributed by atoms with Gasteiger partial charge >= 0.3 is 6.18 Å². The van der Waals surface area contributed by atoms with Crippen molar-refractivity contribution in [3.05, 3.63) is 47.8 Å². The Morgan fingerprint density at radius 3 is 2.42 bits per heavy atom. The second-order valence-electron chi connectivity index (χ2n) is 5.87. The summed E-state index contributed by atoms with van der Waals surface area (Å²) in [7, 11) is 3.44. The summed E-state index contributed by atoms with van der Waals surface area (Å²) < 4.78 is 42.8. The highest BCUT2D eigenvalue weighted by atomic mass is 19.4. The maximum absolute atomic E-state index is 12.5. The summed E-state index contributed by atoms with van der Waals surface area (Å²) in [5.74, 6) is -0.113. The number of nitrogens with zero attached hydrogens (tertiary/aromatic N) is 2. The molecular weight excluding hydrogens is 349 g/mol. The van der Waals surface area contributed by atoms with E-state index in [2.05, 4.69) is 20.5 Å². The van der Waals surface area contributed by atoms with Gasteiger partial charge in [0.05, 0.1) is 12.2 Å². The minimum Gasteiger partial charge on any atom is -0.484 e. The Kier molecular flexibility index (Phi) is 6.25. The van der Waals surface area contributed by atoms with Crippen molar-refractivity contribution in [2.75, 3.05) is 13.7 Å². The van der Waals surface area contributed by atoms with Crippen molar-refractivity contribution < 1.29 is 22.7 Å². The van der Waals surface area contributed by atoms with Gasteiger partial charge in [-0.1, -0.05) is 12.1 Å². The van der Waals surface area contributed by atoms with Crippen molar-refractivity contribution >= 4 is 5.91 Å². The van der Waals surface area contributed by atoms with Crippen molar-refractivity contribution in [1.82, 2.24) is 20.4 Å². The molecule has 0 saturated heterocycles. The van der Waals surface area contributed by atoms with Gasteiger partial charge in [0.1, 0.15) is 11.8 Å². The lowest BCUT2D eigenvalue weighted by atomic mass is 10.1. The summed E-state index contributed by atoms with van der Waals surface area (Å²) in [6.07, 6.45) is -1.02. The van der Waals surface area contributed by atoms with E-state index >= 15 is 0 Å². The molecule has 0 saturated carbocycles. The van der Waals surface area contributed by atoms with E-state index in [0.717, 1.165) is 11.1 Å². The quantitative estimate of drug-likeness (QED) is 0.786. The van der Waals surface area contributed by atoms with E-state index in [0.29, 0.717) is 0 Å². The van der Waals surface area contributed by atoms with Gasteiger partial charge in [-0.05, 0) is 31.7 Å². The average Bonchev–Trinajstić information content (AvgIpc) is 2.99. The van der Waals surface area contributed by atoms with Gasteiger partial charge in [-0.15, -0.1) is 0 Å². The van der Waals surface area contributed by atoms with Crippen molar-refractivity contribution in [3.63, 3.8) is 0 Å². The molecule has 0 bridgehead atoms. The topological polar surface area (TPSA) is 68.2 Å². The summed E-state index contributed by atoms with van der Waals surface area (Å²) in [6, 6.07) is 5.25. The zero-order valence-electron chi connectivity index (χ0n) is 14.7. The van der Waals surface area contributed by atoms with Crippen LogP contribution in [0.3, 0.4) is 0 Å². The summed E-state index contributed by atoms with van der Waals surface area (Å²) in [5.41, 5.74) is 1.48. The monoisotopic (exact) mass is 370 g/mol. The van der Waals surface area contributed by atoms with Gasteiger partial charge in [0.25, 0.3) is 0 Å². The van der Waals surface area contributed by atoms with Crippen LogP contribution in [-0.4, -0.2) is 35.5 Å². The third-order valence-electron chi connectivity index (χ3n) is 3.75. The third-order valence-corrected chi connectivity index (χ3v) is 3.75. The standard InChI is InChI=1S/C17H21F3N4O2/c1-11(12-4-6-14(7-5-12)26-10-17(18,19)20)23-16(25)15(21-2)13-8-22-24(3)9-13/h4-9,11,15,21H,10H2,1-3H3,(H,23,25). The van der Waals surface area contributed by atoms with E-state index in [-0.39, 0.29) is 17.7 Å². The molecular formula is C17H21F3N4O2. The minimum atomic E-state index is -4.38. The number of alkyl halides is 3. The molecule has 2 atom stereocenters. The minimum absolute atomic E-state index is 0.119. The van der Waals surface area contributed by atoms with E-state index in [4.69, 9.17) is 0 Å². The molecule has 0 spiro atoms. The molecule has 2 aromatic rings. The van der Waals surface area contributed by atoms with Crippen LogP contribution in [0.4, 0.5) is 13.2 Å². The fourth-order valence-electron chi connectivity index (χ4n) is 2.44. The molecule has 9 heteroatoms. The SMILES string of the molecule is CNC(C(=O)NC(C)c1ccc(OCC(F)(F)F)cc1)c1cnn(C)c1. The van der Waals surface area contributed by atoms with Crippen LogP contribution in [-0.2, 0) is 11.8 Å². The Hall–Kier alpha value is -2.55. The number of benzene rings is 1. The Morgan fingerprint density at radius 2 is 1.92 bits per heavy atom. The number of carbonyl (C=O) groups is 1. The van der Waals surface area contributed by atoms with Crippen LogP contribution in [0, 0.1) is 0 Å². The van der Waals surface area contributed by atoms with E-state index < -0.39 is 18.8 Å². The number of rotatable bonds is 7. The molecule has 2 N–H and O–H groups in total. The number of aryl methyl sites for hydroxylation is 1. The lowest BCUT2D eigenvalue weighted by Crippen LogP contribution is -2.37. The molecule has 2 rings (SSSR count). The fourth-order valence-corrected chi connectivity index (χ4v) is 2.44. The van der Waals surface area contributed by atoms with Crippen molar-refractivity contribution in [3.8, 4) is 5.75 Å². The molecule has 0 aliphatic heterocycles. The van der Waals surface area contributed by atoms with Gasteiger partial charge < -0.3 is 15.4 Å². The van der Waals surface area contributed by atoms with Crippen LogP contribution in [0.1, 0.15) is 30.1 Å². The molecule has 1 amide bonds. The van der Waals surface area contributed by atoms with E-state index in [1.807, 2.05) is 0 Å². The number of carbonyl (C=O) groups excluding carboxylic acids is 1. The first-order valence-electron chi connectivity index (χ1n) is 7.95. The van der Waals surface area contributed by atoms with Gasteiger partial charge in [0.15, 0.2) is 6.61 Å². The Balaban J connectivity index is 1.97. The second kappa shape index (κ2) is 8.22. The average molecular weight is 370 g/mol. The Morgan fingerprint density at radius 1 is 1.27 bits per heavy atom. The van der Waals surface area contributed by atoms with Crippen molar-refractivity contribution in [2.24, 2.45) is 7.05 Å². The molecule has 1 aromatic carbocycles. The van der Waals surface area contributed by atoms with Crippen LogP contribution < -0.4 is 15.4 Å². The number of halogens is 3. The normalized spacial score (nSPS) is 13.9. The molecule has 0 fully saturated rings. The molecule has 0 aliphatic carbocycles. The van der Waals surface area contributed by atoms with E-state index in [1.54, 1.807) is 50.2 Å². The van der Waals surface area contributed by atoms with Crippen molar-refractivity contribution in [1.29, 1.82) is 0 Å². The van der Waals surface area contributed by atoms with E-state index in [1.165, 1.54) is 12.1 Å². The van der Waals surface area contributed by atoms with Gasteiger partial charge in [-0.25, -0.2) is 0 Å². The molecule has 0 aliphatic rings. The zero-order chi connectivity index (χ0) is 19.3. The number of hydrogen-bond donors (Lipinski definition) is 2. The van der Waals surface area contributed by atoms with Gasteiger partial charge in [0, 0.05) is 18.8 Å². The first-order valence-corrected chi connectivity index (χ1v) is 7.95. The first kappa shape index (κ1) is 19.8. The summed E-state index contributed by atoms with van der Waals surface area (Å²) in [6.45, 7) is 0.451. The Bertz CT molecular complexity index is 728. The summed E-state index contributed by atoms with van der Waals surface area (Å²) in [4.78, 5) is 12.5. The molecule has 26 heavy (non-hydrogen) atoms. The number of amides is 1. The highest BCUT2D eigenvalue weighted by molar-refractivity contribution is 5.83. The lowest BCUT2D eigenvalue weighted by Gasteiger charge is -2.19. The zero-order valence-corrected chi connectivity index (χ0v) is 14.7. The number of ether oxygens (including phenoxy) is 1.